The van der Waals surface area contributed by atoms with Gasteiger partial charge < -0.3 is 14.7 Å². The highest BCUT2D eigenvalue weighted by Gasteiger charge is 2.14. The Kier molecular flexibility index (Phi) is 44.2. The van der Waals surface area contributed by atoms with Gasteiger partial charge in [-0.25, -0.2) is 0 Å². The van der Waals surface area contributed by atoms with Crippen LogP contribution in [0.15, 0.2) is 0 Å². The zero-order chi connectivity index (χ0) is 27.2. The summed E-state index contributed by atoms with van der Waals surface area (Å²) < 4.78 is 0. The smallest absolute Gasteiger partial charge is 0.231 e. The normalized spacial score (nSPS) is 8.64. The van der Waals surface area contributed by atoms with Gasteiger partial charge in [-0.2, -0.15) is 0 Å². The number of carbonyl (C=O) groups is 3. The summed E-state index contributed by atoms with van der Waals surface area (Å²) in [4.78, 5) is 37.6. The molecule has 0 N–H and O–H groups in total. The van der Waals surface area contributed by atoms with Gasteiger partial charge in [0.05, 0.1) is 0 Å². The summed E-state index contributed by atoms with van der Waals surface area (Å²) in [5.74, 6) is -0.108. The van der Waals surface area contributed by atoms with E-state index >= 15 is 0 Å². The van der Waals surface area contributed by atoms with E-state index < -0.39 is 0 Å². The number of rotatable bonds is 10. The number of amides is 3. The maximum atomic E-state index is 11.3. The van der Waals surface area contributed by atoms with E-state index in [9.17, 15) is 14.4 Å². The average molecular weight is 476 g/mol. The quantitative estimate of drug-likeness (QED) is 0.263. The summed E-state index contributed by atoms with van der Waals surface area (Å²) in [5.41, 5.74) is 0. The summed E-state index contributed by atoms with van der Waals surface area (Å²) >= 11 is 0. The standard InChI is InChI=1S/C9H18N2O2.C7H16.C5H11NO.C4H10.C2H6/c1-5-10(3)8(12)7-9(13)11(4)6-2;1-3-5-7-6-4-2;1-4-6(3)5(2)7;1-3-4-2;1-2/h5-7H2,1-4H3;3-7H2,1-2H3;4H2,1-3H3;3-4H2,1-2H3;1-2H3. The number of hydrogen-bond acceptors (Lipinski definition) is 3. The maximum Gasteiger partial charge on any atom is 0.231 e. The molecule has 6 nitrogen and oxygen atoms in total. The second kappa shape index (κ2) is 35.0. The van der Waals surface area contributed by atoms with Crippen LogP contribution >= 0.6 is 0 Å². The number of hydrogen-bond donors (Lipinski definition) is 0. The molecule has 0 bridgehead atoms. The van der Waals surface area contributed by atoms with Crippen molar-refractivity contribution in [2.45, 2.75) is 121 Å². The van der Waals surface area contributed by atoms with E-state index in [2.05, 4.69) is 27.7 Å². The van der Waals surface area contributed by atoms with Gasteiger partial charge in [0.15, 0.2) is 0 Å². The van der Waals surface area contributed by atoms with E-state index in [1.54, 1.807) is 42.8 Å². The fraction of sp³-hybridized carbons (Fsp3) is 0.889. The Labute approximate surface area is 208 Å². The molecule has 0 aromatic carbocycles. The van der Waals surface area contributed by atoms with Crippen molar-refractivity contribution in [1.29, 1.82) is 0 Å². The molecule has 0 aliphatic rings. The van der Waals surface area contributed by atoms with Gasteiger partial charge in [-0.15, -0.1) is 0 Å². The third kappa shape index (κ3) is 38.0. The van der Waals surface area contributed by atoms with Crippen molar-refractivity contribution in [3.63, 3.8) is 0 Å². The number of unbranched alkanes of at least 4 members (excludes halogenated alkanes) is 5. The molecule has 0 spiro atoms. The maximum absolute atomic E-state index is 11.3. The van der Waals surface area contributed by atoms with Crippen LogP contribution in [0.4, 0.5) is 0 Å². The molecule has 0 atom stereocenters. The van der Waals surface area contributed by atoms with Gasteiger partial charge in [-0.05, 0) is 20.8 Å². The molecule has 202 valence electrons. The molecule has 6 heteroatoms. The van der Waals surface area contributed by atoms with Crippen molar-refractivity contribution in [3.8, 4) is 0 Å². The molecule has 0 aromatic heterocycles. The van der Waals surface area contributed by atoms with Crippen molar-refractivity contribution in [3.05, 3.63) is 0 Å². The van der Waals surface area contributed by atoms with Crippen LogP contribution in [0.25, 0.3) is 0 Å². The summed E-state index contributed by atoms with van der Waals surface area (Å²) in [7, 11) is 5.17. The van der Waals surface area contributed by atoms with Gasteiger partial charge in [-0.3, -0.25) is 14.4 Å². The Morgan fingerprint density at radius 2 is 0.818 bits per heavy atom. The fourth-order valence-corrected chi connectivity index (χ4v) is 1.65. The number of carbonyl (C=O) groups excluding carboxylic acids is 3. The minimum atomic E-state index is -0.118. The second-order valence-corrected chi connectivity index (χ2v) is 7.59. The third-order valence-electron chi connectivity index (χ3n) is 4.82. The summed E-state index contributed by atoms with van der Waals surface area (Å²) in [6.07, 6.45) is 9.63. The van der Waals surface area contributed by atoms with E-state index in [4.69, 9.17) is 0 Å². The predicted molar refractivity (Wildman–Crippen MR) is 147 cm³/mol. The molecule has 0 rings (SSSR count). The first-order valence-electron chi connectivity index (χ1n) is 13.2. The van der Waals surface area contributed by atoms with E-state index in [0.717, 1.165) is 6.54 Å². The fourth-order valence-electron chi connectivity index (χ4n) is 1.65. The number of nitrogens with zero attached hydrogens (tertiary/aromatic N) is 3. The van der Waals surface area contributed by atoms with E-state index in [0.29, 0.717) is 13.1 Å². The molecule has 0 aromatic rings. The molecule has 0 fully saturated rings. The summed E-state index contributed by atoms with van der Waals surface area (Å²) in [6.45, 7) is 22.2. The van der Waals surface area contributed by atoms with Crippen LogP contribution in [-0.4, -0.2) is 73.2 Å². The van der Waals surface area contributed by atoms with Crippen molar-refractivity contribution in [2.24, 2.45) is 0 Å². The van der Waals surface area contributed by atoms with Gasteiger partial charge in [0, 0.05) is 47.7 Å². The molecule has 0 aliphatic heterocycles. The largest absolute Gasteiger partial charge is 0.346 e. The lowest BCUT2D eigenvalue weighted by molar-refractivity contribution is -0.139. The lowest BCUT2D eigenvalue weighted by Crippen LogP contribution is -2.34. The molecule has 0 heterocycles. The highest BCUT2D eigenvalue weighted by Crippen LogP contribution is 2.00. The molecule has 0 unspecified atom stereocenters. The van der Waals surface area contributed by atoms with E-state index in [1.165, 1.54) is 44.9 Å². The van der Waals surface area contributed by atoms with Crippen LogP contribution in [0, 0.1) is 0 Å². The van der Waals surface area contributed by atoms with Crippen LogP contribution in [0.5, 0.6) is 0 Å². The first kappa shape index (κ1) is 41.6. The van der Waals surface area contributed by atoms with Crippen molar-refractivity contribution < 1.29 is 14.4 Å². The highest BCUT2D eigenvalue weighted by atomic mass is 16.2. The Morgan fingerprint density at radius 1 is 0.515 bits per heavy atom. The van der Waals surface area contributed by atoms with Gasteiger partial charge in [-0.1, -0.05) is 86.5 Å². The van der Waals surface area contributed by atoms with Gasteiger partial charge in [0.1, 0.15) is 6.42 Å². The molecule has 0 radical (unpaired) electrons. The highest BCUT2D eigenvalue weighted by molar-refractivity contribution is 5.96. The van der Waals surface area contributed by atoms with E-state index in [1.807, 2.05) is 34.6 Å². The first-order chi connectivity index (χ1) is 15.5. The average Bonchev–Trinajstić information content (AvgIpc) is 2.84. The van der Waals surface area contributed by atoms with Crippen LogP contribution in [0.3, 0.4) is 0 Å². The molecule has 0 aliphatic carbocycles. The van der Waals surface area contributed by atoms with Gasteiger partial charge in [0.25, 0.3) is 0 Å². The monoisotopic (exact) mass is 475 g/mol. The SMILES string of the molecule is CC.CCCC.CCCCCCC.CCN(C)C(=O)CC(=O)N(C)CC.CCN(C)C(C)=O. The zero-order valence-corrected chi connectivity index (χ0v) is 24.8. The Bertz CT molecular complexity index is 389. The Morgan fingerprint density at radius 3 is 0.970 bits per heavy atom. The lowest BCUT2D eigenvalue weighted by atomic mass is 10.2. The Hall–Kier alpha value is -1.59. The van der Waals surface area contributed by atoms with Crippen LogP contribution in [0.1, 0.15) is 121 Å². The van der Waals surface area contributed by atoms with E-state index in [-0.39, 0.29) is 24.1 Å². The molecule has 0 saturated heterocycles. The molecular formula is C27H61N3O3. The topological polar surface area (TPSA) is 60.9 Å². The lowest BCUT2D eigenvalue weighted by Gasteiger charge is -2.17. The van der Waals surface area contributed by atoms with Crippen molar-refractivity contribution >= 4 is 17.7 Å². The second-order valence-electron chi connectivity index (χ2n) is 7.59. The van der Waals surface area contributed by atoms with Gasteiger partial charge in [0.2, 0.25) is 17.7 Å². The zero-order valence-electron chi connectivity index (χ0n) is 24.8. The summed E-state index contributed by atoms with van der Waals surface area (Å²) in [6, 6.07) is 0. The molecular weight excluding hydrogens is 414 g/mol. The van der Waals surface area contributed by atoms with Crippen molar-refractivity contribution in [2.75, 3.05) is 40.8 Å². The minimum absolute atomic E-state index is 0.0192. The van der Waals surface area contributed by atoms with Gasteiger partial charge >= 0.3 is 0 Å². The van der Waals surface area contributed by atoms with Crippen LogP contribution in [-0.2, 0) is 14.4 Å². The molecule has 33 heavy (non-hydrogen) atoms. The molecule has 0 saturated carbocycles. The van der Waals surface area contributed by atoms with Crippen molar-refractivity contribution in [1.82, 2.24) is 14.7 Å². The Balaban J connectivity index is -0.000000112. The summed E-state index contributed by atoms with van der Waals surface area (Å²) in [5, 5.41) is 0. The van der Waals surface area contributed by atoms with Crippen LogP contribution < -0.4 is 0 Å². The third-order valence-corrected chi connectivity index (χ3v) is 4.82. The minimum Gasteiger partial charge on any atom is -0.346 e. The first-order valence-corrected chi connectivity index (χ1v) is 13.2. The predicted octanol–water partition coefficient (Wildman–Crippen LogP) is 6.63. The molecule has 3 amide bonds. The van der Waals surface area contributed by atoms with Crippen LogP contribution in [0.2, 0.25) is 0 Å².